The predicted octanol–water partition coefficient (Wildman–Crippen LogP) is 3.49. The van der Waals surface area contributed by atoms with Crippen LogP contribution >= 0.6 is 11.3 Å². The smallest absolute Gasteiger partial charge is 0.0819 e. The minimum absolute atomic E-state index is 0.0757. The number of aliphatic hydroxyl groups excluding tert-OH is 1. The monoisotopic (exact) mass is 365 g/mol. The highest BCUT2D eigenvalue weighted by Crippen LogP contribution is 2.43. The first kappa shape index (κ1) is 16.2. The molecule has 3 aromatic rings. The third kappa shape index (κ3) is 2.54. The molecular formula is C21H23N3OS. The zero-order valence-electron chi connectivity index (χ0n) is 15.0. The molecule has 0 spiro atoms. The van der Waals surface area contributed by atoms with Gasteiger partial charge in [0.05, 0.1) is 22.9 Å². The summed E-state index contributed by atoms with van der Waals surface area (Å²) in [7, 11) is 0. The van der Waals surface area contributed by atoms with Crippen LogP contribution in [0.2, 0.25) is 0 Å². The van der Waals surface area contributed by atoms with E-state index >= 15 is 0 Å². The second-order valence-electron chi connectivity index (χ2n) is 7.37. The van der Waals surface area contributed by atoms with E-state index in [1.807, 2.05) is 12.3 Å². The average Bonchev–Trinajstić information content (AvgIpc) is 3.03. The number of aliphatic hydroxyl groups is 1. The van der Waals surface area contributed by atoms with Crippen molar-refractivity contribution in [2.75, 3.05) is 24.5 Å². The van der Waals surface area contributed by atoms with Crippen LogP contribution in [0.5, 0.6) is 0 Å². The van der Waals surface area contributed by atoms with E-state index in [1.165, 1.54) is 39.1 Å². The van der Waals surface area contributed by atoms with Gasteiger partial charge in [0.15, 0.2) is 0 Å². The number of rotatable bonds is 3. The van der Waals surface area contributed by atoms with Crippen molar-refractivity contribution >= 4 is 27.2 Å². The van der Waals surface area contributed by atoms with Crippen molar-refractivity contribution in [2.24, 2.45) is 0 Å². The molecule has 1 aromatic carbocycles. The largest absolute Gasteiger partial charge is 0.391 e. The van der Waals surface area contributed by atoms with Gasteiger partial charge in [-0.3, -0.25) is 4.98 Å². The third-order valence-corrected chi connectivity index (χ3v) is 6.72. The SMILES string of the molecule is Cc1cc2c(c(-c3ccnc4cc(CO)sc34)c1)N(C1CNC1)CCC2. The predicted molar refractivity (Wildman–Crippen MR) is 108 cm³/mol. The molecule has 134 valence electrons. The van der Waals surface area contributed by atoms with Gasteiger partial charge in [-0.2, -0.15) is 0 Å². The molecule has 0 aliphatic carbocycles. The van der Waals surface area contributed by atoms with Gasteiger partial charge in [0.25, 0.3) is 0 Å². The second kappa shape index (κ2) is 6.34. The zero-order valence-corrected chi connectivity index (χ0v) is 15.8. The lowest BCUT2D eigenvalue weighted by Gasteiger charge is -2.44. The fourth-order valence-corrected chi connectivity index (χ4v) is 5.28. The zero-order chi connectivity index (χ0) is 17.7. The van der Waals surface area contributed by atoms with Gasteiger partial charge in [-0.05, 0) is 43.5 Å². The van der Waals surface area contributed by atoms with Crippen LogP contribution in [0, 0.1) is 6.92 Å². The molecule has 1 saturated heterocycles. The Balaban J connectivity index is 1.75. The fraction of sp³-hybridized carbons (Fsp3) is 0.381. The molecule has 26 heavy (non-hydrogen) atoms. The molecular weight excluding hydrogens is 342 g/mol. The van der Waals surface area contributed by atoms with Gasteiger partial charge in [0, 0.05) is 47.5 Å². The van der Waals surface area contributed by atoms with Gasteiger partial charge in [-0.15, -0.1) is 11.3 Å². The van der Waals surface area contributed by atoms with E-state index in [2.05, 4.69) is 40.3 Å². The van der Waals surface area contributed by atoms with Crippen LogP contribution in [0.25, 0.3) is 21.3 Å². The van der Waals surface area contributed by atoms with E-state index in [4.69, 9.17) is 0 Å². The van der Waals surface area contributed by atoms with Crippen molar-refractivity contribution in [1.29, 1.82) is 0 Å². The average molecular weight is 366 g/mol. The van der Waals surface area contributed by atoms with E-state index < -0.39 is 0 Å². The molecule has 1 fully saturated rings. The van der Waals surface area contributed by atoms with E-state index in [-0.39, 0.29) is 6.61 Å². The molecule has 2 N–H and O–H groups in total. The molecule has 5 rings (SSSR count). The Morgan fingerprint density at radius 1 is 1.27 bits per heavy atom. The van der Waals surface area contributed by atoms with Gasteiger partial charge in [-0.1, -0.05) is 11.6 Å². The van der Waals surface area contributed by atoms with Crippen LogP contribution in [-0.4, -0.2) is 35.8 Å². The van der Waals surface area contributed by atoms with Crippen LogP contribution < -0.4 is 10.2 Å². The van der Waals surface area contributed by atoms with Crippen LogP contribution in [0.15, 0.2) is 30.5 Å². The molecule has 0 radical (unpaired) electrons. The minimum Gasteiger partial charge on any atom is -0.391 e. The summed E-state index contributed by atoms with van der Waals surface area (Å²) in [5, 5.41) is 13.0. The maximum atomic E-state index is 9.56. The van der Waals surface area contributed by atoms with Crippen molar-refractivity contribution in [1.82, 2.24) is 10.3 Å². The number of thiophene rings is 1. The summed E-state index contributed by atoms with van der Waals surface area (Å²) in [4.78, 5) is 8.12. The molecule has 0 amide bonds. The minimum atomic E-state index is 0.0757. The number of hydrogen-bond donors (Lipinski definition) is 2. The first-order chi connectivity index (χ1) is 12.7. The number of nitrogens with one attached hydrogen (secondary N) is 1. The Hall–Kier alpha value is -1.95. The number of aromatic nitrogens is 1. The van der Waals surface area contributed by atoms with Gasteiger partial charge in [0.1, 0.15) is 0 Å². The summed E-state index contributed by atoms with van der Waals surface area (Å²) in [6.07, 6.45) is 4.28. The molecule has 0 saturated carbocycles. The van der Waals surface area contributed by atoms with Gasteiger partial charge in [-0.25, -0.2) is 0 Å². The van der Waals surface area contributed by atoms with Crippen LogP contribution in [0.4, 0.5) is 5.69 Å². The Bertz CT molecular complexity index is 977. The van der Waals surface area contributed by atoms with Gasteiger partial charge in [0.2, 0.25) is 0 Å². The first-order valence-corrected chi connectivity index (χ1v) is 10.2. The van der Waals surface area contributed by atoms with E-state index in [0.29, 0.717) is 6.04 Å². The molecule has 2 aromatic heterocycles. The van der Waals surface area contributed by atoms with Crippen molar-refractivity contribution in [3.63, 3.8) is 0 Å². The Morgan fingerprint density at radius 2 is 2.15 bits per heavy atom. The molecule has 0 atom stereocenters. The fourth-order valence-electron chi connectivity index (χ4n) is 4.28. The van der Waals surface area contributed by atoms with Gasteiger partial charge < -0.3 is 15.3 Å². The normalized spacial score (nSPS) is 17.4. The van der Waals surface area contributed by atoms with Crippen LogP contribution in [-0.2, 0) is 13.0 Å². The Kier molecular flexibility index (Phi) is 3.96. The lowest BCUT2D eigenvalue weighted by molar-refractivity contribution is 0.285. The lowest BCUT2D eigenvalue weighted by atomic mass is 9.90. The highest BCUT2D eigenvalue weighted by atomic mass is 32.1. The molecule has 2 aliphatic heterocycles. The molecule has 4 nitrogen and oxygen atoms in total. The molecule has 0 bridgehead atoms. The van der Waals surface area contributed by atoms with E-state index in [1.54, 1.807) is 11.3 Å². The Labute approximate surface area is 157 Å². The highest BCUT2D eigenvalue weighted by Gasteiger charge is 2.31. The topological polar surface area (TPSA) is 48.4 Å². The van der Waals surface area contributed by atoms with E-state index in [0.717, 1.165) is 36.4 Å². The third-order valence-electron chi connectivity index (χ3n) is 5.58. The van der Waals surface area contributed by atoms with Crippen molar-refractivity contribution < 1.29 is 5.11 Å². The maximum absolute atomic E-state index is 9.56. The summed E-state index contributed by atoms with van der Waals surface area (Å²) in [5.41, 5.74) is 7.77. The lowest BCUT2D eigenvalue weighted by Crippen LogP contribution is -2.58. The quantitative estimate of drug-likeness (QED) is 0.746. The summed E-state index contributed by atoms with van der Waals surface area (Å²) in [6.45, 7) is 5.56. The summed E-state index contributed by atoms with van der Waals surface area (Å²) < 4.78 is 1.18. The maximum Gasteiger partial charge on any atom is 0.0819 e. The second-order valence-corrected chi connectivity index (χ2v) is 8.51. The summed E-state index contributed by atoms with van der Waals surface area (Å²) >= 11 is 1.66. The van der Waals surface area contributed by atoms with Crippen molar-refractivity contribution in [3.8, 4) is 11.1 Å². The summed E-state index contributed by atoms with van der Waals surface area (Å²) in [5.74, 6) is 0. The summed E-state index contributed by atoms with van der Waals surface area (Å²) in [6, 6.07) is 9.45. The number of anilines is 1. The number of benzene rings is 1. The number of aryl methyl sites for hydroxylation is 2. The molecule has 2 aliphatic rings. The molecule has 0 unspecified atom stereocenters. The first-order valence-electron chi connectivity index (χ1n) is 9.34. The van der Waals surface area contributed by atoms with E-state index in [9.17, 15) is 5.11 Å². The number of nitrogens with zero attached hydrogens (tertiary/aromatic N) is 2. The number of hydrogen-bond acceptors (Lipinski definition) is 5. The number of pyridine rings is 1. The molecule has 5 heteroatoms. The van der Waals surface area contributed by atoms with Crippen LogP contribution in [0.3, 0.4) is 0 Å². The van der Waals surface area contributed by atoms with Crippen molar-refractivity contribution in [2.45, 2.75) is 32.4 Å². The van der Waals surface area contributed by atoms with Crippen molar-refractivity contribution in [3.05, 3.63) is 46.5 Å². The van der Waals surface area contributed by atoms with Gasteiger partial charge >= 0.3 is 0 Å². The number of fused-ring (bicyclic) bond motifs is 2. The highest BCUT2D eigenvalue weighted by molar-refractivity contribution is 7.19. The molecule has 4 heterocycles. The standard InChI is InChI=1S/C21H23N3OS/c1-13-7-14-3-2-6-24(15-10-22-11-15)20(14)18(8-13)17-4-5-23-19-9-16(12-25)26-21(17)19/h4-5,7-9,15,22,25H,2-3,6,10-12H2,1H3. The van der Waals surface area contributed by atoms with Crippen LogP contribution in [0.1, 0.15) is 22.4 Å². The Morgan fingerprint density at radius 3 is 2.92 bits per heavy atom.